The number of anilines is 1. The van der Waals surface area contributed by atoms with Crippen LogP contribution < -0.4 is 9.62 Å². The Labute approximate surface area is 142 Å². The fourth-order valence-corrected chi connectivity index (χ4v) is 4.31. The van der Waals surface area contributed by atoms with Crippen LogP contribution in [0.2, 0.25) is 0 Å². The van der Waals surface area contributed by atoms with Gasteiger partial charge in [-0.2, -0.15) is 0 Å². The summed E-state index contributed by atoms with van der Waals surface area (Å²) in [6, 6.07) is 4.71. The van der Waals surface area contributed by atoms with Gasteiger partial charge in [-0.1, -0.05) is 6.07 Å². The number of sulfonamides is 1. The molecule has 0 bridgehead atoms. The highest BCUT2D eigenvalue weighted by Crippen LogP contribution is 2.24. The summed E-state index contributed by atoms with van der Waals surface area (Å²) < 4.78 is 30.2. The monoisotopic (exact) mass is 349 g/mol. The van der Waals surface area contributed by atoms with Crippen molar-refractivity contribution < 1.29 is 8.42 Å². The quantitative estimate of drug-likeness (QED) is 0.887. The Morgan fingerprint density at radius 2 is 2.04 bits per heavy atom. The minimum Gasteiger partial charge on any atom is -0.377 e. The van der Waals surface area contributed by atoms with E-state index in [1.165, 1.54) is 0 Å². The number of hydrogen-bond acceptors (Lipinski definition) is 5. The van der Waals surface area contributed by atoms with Crippen LogP contribution in [0.5, 0.6) is 0 Å². The molecule has 8 heteroatoms. The van der Waals surface area contributed by atoms with Crippen molar-refractivity contribution in [3.63, 3.8) is 0 Å². The highest BCUT2D eigenvalue weighted by molar-refractivity contribution is 7.89. The molecule has 1 N–H and O–H groups in total. The molecule has 7 nitrogen and oxygen atoms in total. The molecule has 2 aromatic rings. The first-order valence-electron chi connectivity index (χ1n) is 8.02. The first-order valence-corrected chi connectivity index (χ1v) is 9.50. The van der Waals surface area contributed by atoms with Gasteiger partial charge in [0.05, 0.1) is 10.9 Å². The topological polar surface area (TPSA) is 80.1 Å². The molecule has 2 heterocycles. The van der Waals surface area contributed by atoms with Crippen LogP contribution in [-0.4, -0.2) is 37.3 Å². The van der Waals surface area contributed by atoms with Gasteiger partial charge in [-0.15, -0.1) is 10.2 Å². The molecule has 1 aromatic heterocycles. The molecule has 1 atom stereocenters. The molecular weight excluding hydrogens is 326 g/mol. The van der Waals surface area contributed by atoms with Gasteiger partial charge in [0.25, 0.3) is 0 Å². The molecule has 3 rings (SSSR count). The number of aromatic nitrogens is 3. The fraction of sp³-hybridized carbons (Fsp3) is 0.500. The zero-order chi connectivity index (χ0) is 17.5. The van der Waals surface area contributed by atoms with E-state index in [2.05, 4.69) is 14.9 Å². The van der Waals surface area contributed by atoms with Crippen molar-refractivity contribution >= 4 is 15.7 Å². The average Bonchev–Trinajstić information content (AvgIpc) is 3.09. The Hall–Kier alpha value is -1.93. The third kappa shape index (κ3) is 3.03. The summed E-state index contributed by atoms with van der Waals surface area (Å²) in [5, 5.41) is 8.29. The van der Waals surface area contributed by atoms with E-state index in [1.807, 2.05) is 36.6 Å². The summed E-state index contributed by atoms with van der Waals surface area (Å²) >= 11 is 0. The highest BCUT2D eigenvalue weighted by atomic mass is 32.2. The zero-order valence-corrected chi connectivity index (χ0v) is 15.3. The van der Waals surface area contributed by atoms with E-state index in [-0.39, 0.29) is 4.90 Å². The predicted octanol–water partition coefficient (Wildman–Crippen LogP) is 1.64. The Kier molecular flexibility index (Phi) is 4.35. The van der Waals surface area contributed by atoms with Crippen molar-refractivity contribution in [2.24, 2.45) is 0 Å². The fourth-order valence-electron chi connectivity index (χ4n) is 3.08. The van der Waals surface area contributed by atoms with E-state index in [0.29, 0.717) is 5.82 Å². The van der Waals surface area contributed by atoms with Crippen molar-refractivity contribution in [3.8, 4) is 0 Å². The zero-order valence-electron chi connectivity index (χ0n) is 14.4. The molecular formula is C16H23N5O2S. The number of fused-ring (bicyclic) bond motifs is 1. The highest BCUT2D eigenvalue weighted by Gasteiger charge is 2.25. The maximum atomic E-state index is 12.7. The van der Waals surface area contributed by atoms with Crippen LogP contribution in [0.25, 0.3) is 0 Å². The summed E-state index contributed by atoms with van der Waals surface area (Å²) in [6.45, 7) is 4.61. The van der Waals surface area contributed by atoms with Crippen LogP contribution in [0.3, 0.4) is 0 Å². The van der Waals surface area contributed by atoms with E-state index in [9.17, 15) is 8.42 Å². The lowest BCUT2D eigenvalue weighted by atomic mass is 10.2. The number of benzene rings is 1. The second-order valence-electron chi connectivity index (χ2n) is 6.42. The van der Waals surface area contributed by atoms with Gasteiger partial charge in [0, 0.05) is 32.7 Å². The average molecular weight is 349 g/mol. The lowest BCUT2D eigenvalue weighted by Gasteiger charge is -2.18. The maximum Gasteiger partial charge on any atom is 0.241 e. The van der Waals surface area contributed by atoms with Gasteiger partial charge in [-0.05, 0) is 38.0 Å². The predicted molar refractivity (Wildman–Crippen MR) is 92.6 cm³/mol. The molecule has 1 aromatic carbocycles. The third-order valence-corrected chi connectivity index (χ3v) is 5.87. The molecule has 1 aliphatic heterocycles. The molecule has 0 fully saturated rings. The van der Waals surface area contributed by atoms with Crippen LogP contribution in [0.4, 0.5) is 5.69 Å². The van der Waals surface area contributed by atoms with E-state index in [0.717, 1.165) is 36.5 Å². The van der Waals surface area contributed by atoms with Crippen molar-refractivity contribution in [2.75, 3.05) is 19.0 Å². The second-order valence-corrected chi connectivity index (χ2v) is 8.13. The van der Waals surface area contributed by atoms with Gasteiger partial charge in [0.1, 0.15) is 5.82 Å². The molecule has 1 unspecified atom stereocenters. The van der Waals surface area contributed by atoms with E-state index in [1.54, 1.807) is 19.1 Å². The molecule has 0 saturated carbocycles. The van der Waals surface area contributed by atoms with Gasteiger partial charge in [-0.25, -0.2) is 13.1 Å². The minimum absolute atomic E-state index is 0.254. The second kappa shape index (κ2) is 6.18. The third-order valence-electron chi connectivity index (χ3n) is 4.33. The minimum atomic E-state index is -3.63. The van der Waals surface area contributed by atoms with Gasteiger partial charge < -0.3 is 9.47 Å². The standard InChI is InChI=1S/C16H23N5O2S/c1-11-7-8-13(10-14(11)20(3)4)24(22,23)19-12(2)16-18-17-15-6-5-9-21(15)16/h7-8,10,12,19H,5-6,9H2,1-4H3. The molecule has 0 radical (unpaired) electrons. The van der Waals surface area contributed by atoms with E-state index < -0.39 is 16.1 Å². The van der Waals surface area contributed by atoms with Crippen LogP contribution in [0, 0.1) is 6.92 Å². The first kappa shape index (κ1) is 16.9. The van der Waals surface area contributed by atoms with Gasteiger partial charge >= 0.3 is 0 Å². The molecule has 1 aliphatic rings. The lowest BCUT2D eigenvalue weighted by molar-refractivity contribution is 0.546. The van der Waals surface area contributed by atoms with Crippen LogP contribution in [0.15, 0.2) is 23.1 Å². The maximum absolute atomic E-state index is 12.7. The SMILES string of the molecule is Cc1ccc(S(=O)(=O)NC(C)c2nnc3n2CCC3)cc1N(C)C. The Morgan fingerprint density at radius 3 is 2.75 bits per heavy atom. The number of aryl methyl sites for hydroxylation is 2. The number of nitrogens with one attached hydrogen (secondary N) is 1. The summed E-state index contributed by atoms with van der Waals surface area (Å²) in [6.07, 6.45) is 1.93. The first-order chi connectivity index (χ1) is 11.3. The van der Waals surface area contributed by atoms with Crippen molar-refractivity contribution in [1.29, 1.82) is 0 Å². The number of nitrogens with zero attached hydrogens (tertiary/aromatic N) is 4. The summed E-state index contributed by atoms with van der Waals surface area (Å²) in [7, 11) is 0.161. The van der Waals surface area contributed by atoms with Crippen molar-refractivity contribution in [3.05, 3.63) is 35.4 Å². The van der Waals surface area contributed by atoms with Gasteiger partial charge in [0.2, 0.25) is 10.0 Å². The Balaban J connectivity index is 1.87. The largest absolute Gasteiger partial charge is 0.377 e. The smallest absolute Gasteiger partial charge is 0.241 e. The summed E-state index contributed by atoms with van der Waals surface area (Å²) in [5.74, 6) is 1.60. The van der Waals surface area contributed by atoms with Crippen LogP contribution in [-0.2, 0) is 23.0 Å². The van der Waals surface area contributed by atoms with Gasteiger partial charge in [-0.3, -0.25) is 0 Å². The Bertz CT molecular complexity index is 857. The van der Waals surface area contributed by atoms with Crippen LogP contribution >= 0.6 is 0 Å². The normalized spacial score (nSPS) is 15.3. The van der Waals surface area contributed by atoms with Crippen molar-refractivity contribution in [1.82, 2.24) is 19.5 Å². The number of rotatable bonds is 5. The van der Waals surface area contributed by atoms with E-state index in [4.69, 9.17) is 0 Å². The summed E-state index contributed by atoms with van der Waals surface area (Å²) in [5.41, 5.74) is 1.91. The molecule has 24 heavy (non-hydrogen) atoms. The molecule has 0 amide bonds. The summed E-state index contributed by atoms with van der Waals surface area (Å²) in [4.78, 5) is 2.16. The molecule has 0 saturated heterocycles. The van der Waals surface area contributed by atoms with Gasteiger partial charge in [0.15, 0.2) is 5.82 Å². The molecule has 0 aliphatic carbocycles. The lowest BCUT2D eigenvalue weighted by Crippen LogP contribution is -2.29. The Morgan fingerprint density at radius 1 is 1.29 bits per heavy atom. The van der Waals surface area contributed by atoms with Crippen LogP contribution in [0.1, 0.15) is 36.6 Å². The van der Waals surface area contributed by atoms with Crippen molar-refractivity contribution in [2.45, 2.75) is 44.2 Å². The molecule has 130 valence electrons. The molecule has 0 spiro atoms. The van der Waals surface area contributed by atoms with E-state index >= 15 is 0 Å². The number of hydrogen-bond donors (Lipinski definition) is 1.